The summed E-state index contributed by atoms with van der Waals surface area (Å²) in [7, 11) is 0. The van der Waals surface area contributed by atoms with Gasteiger partial charge < -0.3 is 14.6 Å². The van der Waals surface area contributed by atoms with Gasteiger partial charge in [0.25, 0.3) is 0 Å². The van der Waals surface area contributed by atoms with Crippen LogP contribution in [0.15, 0.2) is 27.2 Å². The zero-order chi connectivity index (χ0) is 14.8. The molecule has 0 bridgehead atoms. The molecule has 0 aliphatic carbocycles. The van der Waals surface area contributed by atoms with Gasteiger partial charge in [0.05, 0.1) is 19.1 Å². The van der Waals surface area contributed by atoms with Gasteiger partial charge in [-0.2, -0.15) is 4.98 Å². The van der Waals surface area contributed by atoms with Crippen LogP contribution in [0.4, 0.5) is 0 Å². The van der Waals surface area contributed by atoms with Crippen LogP contribution in [0.2, 0.25) is 0 Å². The predicted molar refractivity (Wildman–Crippen MR) is 83.2 cm³/mol. The number of rotatable bonds is 4. The van der Waals surface area contributed by atoms with Crippen molar-refractivity contribution in [1.29, 1.82) is 0 Å². The third kappa shape index (κ3) is 3.02. The third-order valence-electron chi connectivity index (χ3n) is 3.74. The van der Waals surface area contributed by atoms with E-state index in [1.54, 1.807) is 0 Å². The van der Waals surface area contributed by atoms with Gasteiger partial charge in [0.15, 0.2) is 0 Å². The zero-order valence-electron chi connectivity index (χ0n) is 12.1. The predicted octanol–water partition coefficient (Wildman–Crippen LogP) is 2.90. The Morgan fingerprint density at radius 3 is 3.00 bits per heavy atom. The molecule has 1 aliphatic heterocycles. The van der Waals surface area contributed by atoms with Crippen LogP contribution in [0.25, 0.3) is 11.4 Å². The smallest absolute Gasteiger partial charge is 0.234 e. The van der Waals surface area contributed by atoms with Gasteiger partial charge in [-0.1, -0.05) is 40.1 Å². The molecular weight excluding hydrogens is 334 g/mol. The van der Waals surface area contributed by atoms with Crippen molar-refractivity contribution in [1.82, 2.24) is 15.5 Å². The van der Waals surface area contributed by atoms with Crippen molar-refractivity contribution in [3.05, 3.63) is 34.1 Å². The van der Waals surface area contributed by atoms with Crippen molar-refractivity contribution in [2.24, 2.45) is 0 Å². The van der Waals surface area contributed by atoms with E-state index in [0.29, 0.717) is 24.9 Å². The second-order valence-electron chi connectivity index (χ2n) is 5.23. The Labute approximate surface area is 132 Å². The summed E-state index contributed by atoms with van der Waals surface area (Å²) < 4.78 is 12.0. The first-order valence-electron chi connectivity index (χ1n) is 7.10. The van der Waals surface area contributed by atoms with Gasteiger partial charge in [0, 0.05) is 16.1 Å². The molecule has 2 heterocycles. The molecule has 2 unspecified atom stereocenters. The molecular formula is C15H18BrN3O2. The molecule has 2 atom stereocenters. The topological polar surface area (TPSA) is 60.2 Å². The molecule has 1 aromatic carbocycles. The van der Waals surface area contributed by atoms with Gasteiger partial charge in [-0.25, -0.2) is 0 Å². The second-order valence-corrected chi connectivity index (χ2v) is 6.08. The van der Waals surface area contributed by atoms with Gasteiger partial charge in [0.2, 0.25) is 11.7 Å². The summed E-state index contributed by atoms with van der Waals surface area (Å²) in [5, 5.41) is 7.50. The summed E-state index contributed by atoms with van der Waals surface area (Å²) in [5.74, 6) is 1.39. The molecule has 1 aliphatic rings. The van der Waals surface area contributed by atoms with Crippen LogP contribution in [0.3, 0.4) is 0 Å². The molecule has 0 amide bonds. The summed E-state index contributed by atoms with van der Waals surface area (Å²) in [5.41, 5.74) is 2.13. The molecule has 1 N–H and O–H groups in total. The largest absolute Gasteiger partial charge is 0.379 e. The maximum atomic E-state index is 5.53. The Balaban J connectivity index is 1.84. The standard InChI is InChI=1S/C15H18BrN3O2/c1-3-17-13-8-20-7-11(13)15-18-14(19-21-15)10-5-4-9(2)12(16)6-10/h4-6,11,13,17H,3,7-8H2,1-2H3. The molecule has 112 valence electrons. The van der Waals surface area contributed by atoms with E-state index < -0.39 is 0 Å². The van der Waals surface area contributed by atoms with Crippen molar-refractivity contribution in [2.75, 3.05) is 19.8 Å². The Morgan fingerprint density at radius 2 is 2.24 bits per heavy atom. The van der Waals surface area contributed by atoms with Gasteiger partial charge in [-0.15, -0.1) is 0 Å². The first kappa shape index (κ1) is 14.7. The summed E-state index contributed by atoms with van der Waals surface area (Å²) in [4.78, 5) is 4.55. The van der Waals surface area contributed by atoms with E-state index in [2.05, 4.69) is 38.3 Å². The normalized spacial score (nSPS) is 21.9. The van der Waals surface area contributed by atoms with Crippen LogP contribution >= 0.6 is 15.9 Å². The monoisotopic (exact) mass is 351 g/mol. The van der Waals surface area contributed by atoms with Crippen molar-refractivity contribution in [3.8, 4) is 11.4 Å². The van der Waals surface area contributed by atoms with Gasteiger partial charge in [-0.3, -0.25) is 0 Å². The van der Waals surface area contributed by atoms with E-state index in [4.69, 9.17) is 9.26 Å². The summed E-state index contributed by atoms with van der Waals surface area (Å²) in [6.07, 6.45) is 0. The highest BCUT2D eigenvalue weighted by molar-refractivity contribution is 9.10. The first-order valence-corrected chi connectivity index (χ1v) is 7.89. The fourth-order valence-corrected chi connectivity index (χ4v) is 2.87. The minimum atomic E-state index is 0.125. The lowest BCUT2D eigenvalue weighted by atomic mass is 10.0. The molecule has 3 rings (SSSR count). The molecule has 1 aromatic heterocycles. The average Bonchev–Trinajstić information content (AvgIpc) is 3.10. The molecule has 6 heteroatoms. The summed E-state index contributed by atoms with van der Waals surface area (Å²) in [6.45, 7) is 6.34. The first-order chi connectivity index (χ1) is 10.2. The molecule has 1 fully saturated rings. The Bertz CT molecular complexity index is 629. The van der Waals surface area contributed by atoms with Gasteiger partial charge in [0.1, 0.15) is 0 Å². The summed E-state index contributed by atoms with van der Waals surface area (Å²) in [6, 6.07) is 6.29. The zero-order valence-corrected chi connectivity index (χ0v) is 13.7. The number of hydrogen-bond donors (Lipinski definition) is 1. The molecule has 1 saturated heterocycles. The molecule has 5 nitrogen and oxygen atoms in total. The Kier molecular flexibility index (Phi) is 4.37. The fraction of sp³-hybridized carbons (Fsp3) is 0.467. The lowest BCUT2D eigenvalue weighted by molar-refractivity contribution is 0.185. The van der Waals surface area contributed by atoms with Crippen molar-refractivity contribution >= 4 is 15.9 Å². The third-order valence-corrected chi connectivity index (χ3v) is 4.59. The quantitative estimate of drug-likeness (QED) is 0.917. The van der Waals surface area contributed by atoms with Crippen LogP contribution in [-0.4, -0.2) is 35.9 Å². The highest BCUT2D eigenvalue weighted by atomic mass is 79.9. The van der Waals surface area contributed by atoms with Crippen LogP contribution in [-0.2, 0) is 4.74 Å². The van der Waals surface area contributed by atoms with Gasteiger partial charge >= 0.3 is 0 Å². The maximum absolute atomic E-state index is 5.53. The fourth-order valence-electron chi connectivity index (χ4n) is 2.50. The second kappa shape index (κ2) is 6.25. The van der Waals surface area contributed by atoms with E-state index in [1.807, 2.05) is 25.1 Å². The molecule has 0 radical (unpaired) electrons. The van der Waals surface area contributed by atoms with E-state index in [9.17, 15) is 0 Å². The number of hydrogen-bond acceptors (Lipinski definition) is 5. The van der Waals surface area contributed by atoms with Gasteiger partial charge in [-0.05, 0) is 25.1 Å². The molecule has 21 heavy (non-hydrogen) atoms. The number of benzene rings is 1. The molecule has 0 spiro atoms. The lowest BCUT2D eigenvalue weighted by Crippen LogP contribution is -2.34. The van der Waals surface area contributed by atoms with Crippen LogP contribution in [0.5, 0.6) is 0 Å². The molecule has 0 saturated carbocycles. The van der Waals surface area contributed by atoms with Crippen molar-refractivity contribution < 1.29 is 9.26 Å². The SMILES string of the molecule is CCNC1COCC1c1nc(-c2ccc(C)c(Br)c2)no1. The summed E-state index contributed by atoms with van der Waals surface area (Å²) >= 11 is 3.53. The van der Waals surface area contributed by atoms with E-state index in [1.165, 1.54) is 5.56 Å². The van der Waals surface area contributed by atoms with Crippen molar-refractivity contribution in [3.63, 3.8) is 0 Å². The number of nitrogens with one attached hydrogen (secondary N) is 1. The van der Waals surface area contributed by atoms with Crippen molar-refractivity contribution in [2.45, 2.75) is 25.8 Å². The minimum absolute atomic E-state index is 0.125. The number of ether oxygens (including phenoxy) is 1. The highest BCUT2D eigenvalue weighted by Crippen LogP contribution is 2.28. The van der Waals surface area contributed by atoms with Crippen LogP contribution in [0, 0.1) is 6.92 Å². The van der Waals surface area contributed by atoms with Crippen LogP contribution in [0.1, 0.15) is 24.3 Å². The number of halogens is 1. The highest BCUT2D eigenvalue weighted by Gasteiger charge is 2.33. The number of aryl methyl sites for hydroxylation is 1. The molecule has 2 aromatic rings. The maximum Gasteiger partial charge on any atom is 0.234 e. The number of aromatic nitrogens is 2. The number of nitrogens with zero attached hydrogens (tertiary/aromatic N) is 2. The van der Waals surface area contributed by atoms with E-state index in [-0.39, 0.29) is 12.0 Å². The average molecular weight is 352 g/mol. The Hall–Kier alpha value is -1.24. The Morgan fingerprint density at radius 1 is 1.38 bits per heavy atom. The number of likely N-dealkylation sites (N-methyl/N-ethyl adjacent to an activating group) is 1. The lowest BCUT2D eigenvalue weighted by Gasteiger charge is -2.13. The van der Waals surface area contributed by atoms with E-state index >= 15 is 0 Å². The van der Waals surface area contributed by atoms with E-state index in [0.717, 1.165) is 16.6 Å². The van der Waals surface area contributed by atoms with Crippen LogP contribution < -0.4 is 5.32 Å². The minimum Gasteiger partial charge on any atom is -0.379 e.